The lowest BCUT2D eigenvalue weighted by molar-refractivity contribution is -0.123. The molecule has 0 aliphatic carbocycles. The van der Waals surface area contributed by atoms with Gasteiger partial charge in [-0.15, -0.1) is 0 Å². The van der Waals surface area contributed by atoms with Crippen molar-refractivity contribution < 1.29 is 14.6 Å². The molecule has 0 radical (unpaired) electrons. The first-order chi connectivity index (χ1) is 11.6. The normalized spacial score (nSPS) is 11.8. The Balaban J connectivity index is 1.74. The number of benzene rings is 2. The number of aliphatic hydroxyl groups is 1. The second kappa shape index (κ2) is 9.30. The molecule has 5 heteroatoms. The number of amides is 1. The summed E-state index contributed by atoms with van der Waals surface area (Å²) in [5.41, 5.74) is 2.35. The minimum atomic E-state index is -0.215. The number of ether oxygens (including phenoxy) is 1. The summed E-state index contributed by atoms with van der Waals surface area (Å²) in [7, 11) is 0. The summed E-state index contributed by atoms with van der Waals surface area (Å²) >= 11 is 5.79. The molecule has 0 saturated heterocycles. The Morgan fingerprint density at radius 2 is 1.83 bits per heavy atom. The Hall–Kier alpha value is -2.04. The maximum atomic E-state index is 11.9. The summed E-state index contributed by atoms with van der Waals surface area (Å²) in [6.45, 7) is 2.40. The summed E-state index contributed by atoms with van der Waals surface area (Å²) in [5.74, 6) is 0.354. The van der Waals surface area contributed by atoms with Gasteiger partial charge in [0.15, 0.2) is 6.61 Å². The van der Waals surface area contributed by atoms with Gasteiger partial charge in [0.2, 0.25) is 0 Å². The molecule has 0 aliphatic rings. The van der Waals surface area contributed by atoms with Gasteiger partial charge in [-0.25, -0.2) is 0 Å². The molecule has 0 heterocycles. The number of aryl methyl sites for hydroxylation is 1. The van der Waals surface area contributed by atoms with Crippen LogP contribution in [0.15, 0.2) is 48.5 Å². The van der Waals surface area contributed by atoms with E-state index in [4.69, 9.17) is 16.3 Å². The number of carbonyl (C=O) groups excluding carboxylic acids is 1. The lowest BCUT2D eigenvalue weighted by Gasteiger charge is -2.15. The Labute approximate surface area is 147 Å². The molecule has 1 unspecified atom stereocenters. The highest BCUT2D eigenvalue weighted by Gasteiger charge is 2.11. The van der Waals surface area contributed by atoms with E-state index in [1.54, 1.807) is 24.3 Å². The summed E-state index contributed by atoms with van der Waals surface area (Å²) < 4.78 is 5.39. The number of carbonyl (C=O) groups is 1. The molecule has 24 heavy (non-hydrogen) atoms. The highest BCUT2D eigenvalue weighted by Crippen LogP contribution is 2.15. The van der Waals surface area contributed by atoms with Crippen LogP contribution in [0.4, 0.5) is 0 Å². The van der Waals surface area contributed by atoms with Crippen molar-refractivity contribution in [3.63, 3.8) is 0 Å². The van der Waals surface area contributed by atoms with E-state index in [1.807, 2.05) is 31.2 Å². The van der Waals surface area contributed by atoms with Crippen molar-refractivity contribution in [1.29, 1.82) is 0 Å². The minimum Gasteiger partial charge on any atom is -0.484 e. The molecule has 2 N–H and O–H groups in total. The van der Waals surface area contributed by atoms with Gasteiger partial charge in [-0.05, 0) is 43.2 Å². The standard InChI is InChI=1S/C19H22ClNO3/c1-14-2-4-15(5-3-14)10-16(12-22)11-21-19(23)13-24-18-8-6-17(20)7-9-18/h2-9,16,22H,10-13H2,1H3,(H,21,23). The number of hydrogen-bond acceptors (Lipinski definition) is 3. The maximum absolute atomic E-state index is 11.9. The topological polar surface area (TPSA) is 58.6 Å². The Kier molecular flexibility index (Phi) is 7.09. The van der Waals surface area contributed by atoms with Crippen LogP contribution in [0.1, 0.15) is 11.1 Å². The summed E-state index contributed by atoms with van der Waals surface area (Å²) in [6, 6.07) is 15.0. The average Bonchev–Trinajstić information content (AvgIpc) is 2.59. The third-order valence-corrected chi connectivity index (χ3v) is 3.93. The second-order valence-corrected chi connectivity index (χ2v) is 6.22. The van der Waals surface area contributed by atoms with E-state index in [0.29, 0.717) is 17.3 Å². The zero-order chi connectivity index (χ0) is 17.4. The van der Waals surface area contributed by atoms with Gasteiger partial charge in [-0.3, -0.25) is 4.79 Å². The quantitative estimate of drug-likeness (QED) is 0.771. The third kappa shape index (κ3) is 6.22. The van der Waals surface area contributed by atoms with E-state index in [9.17, 15) is 9.90 Å². The van der Waals surface area contributed by atoms with Crippen LogP contribution in [0.25, 0.3) is 0 Å². The molecule has 1 atom stereocenters. The maximum Gasteiger partial charge on any atom is 0.257 e. The predicted molar refractivity (Wildman–Crippen MR) is 95.4 cm³/mol. The van der Waals surface area contributed by atoms with Crippen LogP contribution in [-0.2, 0) is 11.2 Å². The largest absolute Gasteiger partial charge is 0.484 e. The van der Waals surface area contributed by atoms with Gasteiger partial charge in [0, 0.05) is 24.1 Å². The summed E-state index contributed by atoms with van der Waals surface area (Å²) in [4.78, 5) is 11.9. The number of halogens is 1. The number of hydrogen-bond donors (Lipinski definition) is 2. The minimum absolute atomic E-state index is 0.0200. The first kappa shape index (κ1) is 18.3. The molecule has 0 bridgehead atoms. The van der Waals surface area contributed by atoms with Gasteiger partial charge in [-0.1, -0.05) is 41.4 Å². The zero-order valence-corrected chi connectivity index (χ0v) is 14.4. The molecule has 2 aromatic rings. The van der Waals surface area contributed by atoms with Crippen molar-refractivity contribution in [3.8, 4) is 5.75 Å². The molecule has 128 valence electrons. The first-order valence-electron chi connectivity index (χ1n) is 7.88. The van der Waals surface area contributed by atoms with Crippen molar-refractivity contribution in [1.82, 2.24) is 5.32 Å². The summed E-state index contributed by atoms with van der Waals surface area (Å²) in [6.07, 6.45) is 0.717. The van der Waals surface area contributed by atoms with Crippen molar-refractivity contribution in [2.24, 2.45) is 5.92 Å². The fraction of sp³-hybridized carbons (Fsp3) is 0.316. The average molecular weight is 348 g/mol. The fourth-order valence-electron chi connectivity index (χ4n) is 2.25. The molecule has 2 aromatic carbocycles. The predicted octanol–water partition coefficient (Wildman–Crippen LogP) is 2.99. The lowest BCUT2D eigenvalue weighted by atomic mass is 9.99. The van der Waals surface area contributed by atoms with Crippen LogP contribution in [0.5, 0.6) is 5.75 Å². The lowest BCUT2D eigenvalue weighted by Crippen LogP contribution is -2.35. The van der Waals surface area contributed by atoms with Gasteiger partial charge >= 0.3 is 0 Å². The van der Waals surface area contributed by atoms with Crippen molar-refractivity contribution in [3.05, 3.63) is 64.7 Å². The molecule has 0 spiro atoms. The SMILES string of the molecule is Cc1ccc(CC(CO)CNC(=O)COc2ccc(Cl)cc2)cc1. The molecule has 0 aromatic heterocycles. The van der Waals surface area contributed by atoms with Gasteiger partial charge < -0.3 is 15.2 Å². The van der Waals surface area contributed by atoms with Crippen LogP contribution in [0.3, 0.4) is 0 Å². The zero-order valence-electron chi connectivity index (χ0n) is 13.7. The van der Waals surface area contributed by atoms with Gasteiger partial charge in [0.1, 0.15) is 5.75 Å². The monoisotopic (exact) mass is 347 g/mol. The van der Waals surface area contributed by atoms with Crippen LogP contribution in [0, 0.1) is 12.8 Å². The van der Waals surface area contributed by atoms with Crippen LogP contribution in [0.2, 0.25) is 5.02 Å². The van der Waals surface area contributed by atoms with E-state index >= 15 is 0 Å². The van der Waals surface area contributed by atoms with E-state index in [0.717, 1.165) is 12.0 Å². The summed E-state index contributed by atoms with van der Waals surface area (Å²) in [5, 5.41) is 12.9. The Morgan fingerprint density at radius 1 is 1.17 bits per heavy atom. The second-order valence-electron chi connectivity index (χ2n) is 5.78. The number of aliphatic hydroxyl groups excluding tert-OH is 1. The smallest absolute Gasteiger partial charge is 0.257 e. The van der Waals surface area contributed by atoms with Crippen molar-refractivity contribution in [2.75, 3.05) is 19.8 Å². The van der Waals surface area contributed by atoms with Gasteiger partial charge in [0.05, 0.1) is 0 Å². The number of rotatable bonds is 8. The Bertz CT molecular complexity index is 641. The van der Waals surface area contributed by atoms with Crippen LogP contribution >= 0.6 is 11.6 Å². The van der Waals surface area contributed by atoms with Crippen molar-refractivity contribution >= 4 is 17.5 Å². The van der Waals surface area contributed by atoms with E-state index in [-0.39, 0.29) is 25.0 Å². The van der Waals surface area contributed by atoms with E-state index < -0.39 is 0 Å². The third-order valence-electron chi connectivity index (χ3n) is 3.67. The molecule has 2 rings (SSSR count). The van der Waals surface area contributed by atoms with Crippen molar-refractivity contribution in [2.45, 2.75) is 13.3 Å². The first-order valence-corrected chi connectivity index (χ1v) is 8.26. The van der Waals surface area contributed by atoms with E-state index in [1.165, 1.54) is 5.56 Å². The van der Waals surface area contributed by atoms with Gasteiger partial charge in [-0.2, -0.15) is 0 Å². The molecule has 0 fully saturated rings. The molecule has 0 saturated carbocycles. The molecule has 1 amide bonds. The highest BCUT2D eigenvalue weighted by molar-refractivity contribution is 6.30. The van der Waals surface area contributed by atoms with Crippen LogP contribution < -0.4 is 10.1 Å². The Morgan fingerprint density at radius 3 is 2.46 bits per heavy atom. The van der Waals surface area contributed by atoms with E-state index in [2.05, 4.69) is 5.32 Å². The highest BCUT2D eigenvalue weighted by atomic mass is 35.5. The fourth-order valence-corrected chi connectivity index (χ4v) is 2.37. The van der Waals surface area contributed by atoms with Gasteiger partial charge in [0.25, 0.3) is 5.91 Å². The van der Waals surface area contributed by atoms with Crippen LogP contribution in [-0.4, -0.2) is 30.8 Å². The molecule has 4 nitrogen and oxygen atoms in total. The molecular formula is C19H22ClNO3. The molecular weight excluding hydrogens is 326 g/mol. The molecule has 0 aliphatic heterocycles. The number of nitrogens with one attached hydrogen (secondary N) is 1.